The molecule has 1 aromatic rings. The summed E-state index contributed by atoms with van der Waals surface area (Å²) in [5, 5.41) is 3.88. The standard InChI is InChI=1S/C8H12N2O3S/c1-10-5-3-7(9-10)8(11)4-6-14(2,12)13/h3,5H,4,6H2,1-2H3. The maximum Gasteiger partial charge on any atom is 0.184 e. The second kappa shape index (κ2) is 3.91. The number of Topliss-reactive ketones (excluding diaryl/α,β-unsaturated/α-hetero) is 1. The molecule has 0 saturated heterocycles. The van der Waals surface area contributed by atoms with Crippen molar-refractivity contribution in [2.45, 2.75) is 6.42 Å². The minimum atomic E-state index is -3.08. The molecule has 5 nitrogen and oxygen atoms in total. The van der Waals surface area contributed by atoms with Crippen molar-refractivity contribution in [3.8, 4) is 0 Å². The molecule has 0 aliphatic heterocycles. The molecule has 1 heterocycles. The number of sulfone groups is 1. The molecule has 0 unspecified atom stereocenters. The first-order valence-electron chi connectivity index (χ1n) is 4.09. The number of rotatable bonds is 4. The first-order valence-corrected chi connectivity index (χ1v) is 6.15. The molecule has 0 amide bonds. The highest BCUT2D eigenvalue weighted by Gasteiger charge is 2.12. The van der Waals surface area contributed by atoms with E-state index >= 15 is 0 Å². The summed E-state index contributed by atoms with van der Waals surface area (Å²) in [5.41, 5.74) is 0.316. The minimum absolute atomic E-state index is 0.00412. The van der Waals surface area contributed by atoms with Gasteiger partial charge in [0.1, 0.15) is 15.5 Å². The number of carbonyl (C=O) groups excluding carboxylic acids is 1. The monoisotopic (exact) mass is 216 g/mol. The smallest absolute Gasteiger partial charge is 0.184 e. The molecule has 0 saturated carbocycles. The third-order valence-electron chi connectivity index (χ3n) is 1.70. The molecule has 14 heavy (non-hydrogen) atoms. The fraction of sp³-hybridized carbons (Fsp3) is 0.500. The lowest BCUT2D eigenvalue weighted by molar-refractivity contribution is 0.0983. The van der Waals surface area contributed by atoms with E-state index in [4.69, 9.17) is 0 Å². The number of aryl methyl sites for hydroxylation is 1. The molecular weight excluding hydrogens is 204 g/mol. The zero-order chi connectivity index (χ0) is 10.8. The van der Waals surface area contributed by atoms with Gasteiger partial charge in [-0.1, -0.05) is 0 Å². The van der Waals surface area contributed by atoms with Gasteiger partial charge >= 0.3 is 0 Å². The molecule has 0 fully saturated rings. The van der Waals surface area contributed by atoms with E-state index in [1.54, 1.807) is 19.3 Å². The molecule has 0 atom stereocenters. The summed E-state index contributed by atoms with van der Waals surface area (Å²) in [6.07, 6.45) is 2.75. The van der Waals surface area contributed by atoms with Crippen LogP contribution < -0.4 is 0 Å². The largest absolute Gasteiger partial charge is 0.292 e. The molecule has 0 aromatic carbocycles. The Bertz CT molecular complexity index is 433. The molecule has 0 spiro atoms. The maximum atomic E-state index is 11.4. The van der Waals surface area contributed by atoms with Crippen LogP contribution in [0.25, 0.3) is 0 Å². The van der Waals surface area contributed by atoms with Crippen LogP contribution in [0.5, 0.6) is 0 Å². The van der Waals surface area contributed by atoms with Crippen molar-refractivity contribution < 1.29 is 13.2 Å². The van der Waals surface area contributed by atoms with Crippen molar-refractivity contribution in [3.63, 3.8) is 0 Å². The Labute approximate surface area is 82.7 Å². The number of hydrogen-bond acceptors (Lipinski definition) is 4. The van der Waals surface area contributed by atoms with Gasteiger partial charge in [0.2, 0.25) is 0 Å². The minimum Gasteiger partial charge on any atom is -0.292 e. The van der Waals surface area contributed by atoms with Gasteiger partial charge in [-0.15, -0.1) is 0 Å². The van der Waals surface area contributed by atoms with E-state index in [2.05, 4.69) is 5.10 Å². The van der Waals surface area contributed by atoms with Crippen LogP contribution >= 0.6 is 0 Å². The van der Waals surface area contributed by atoms with Gasteiger partial charge in [-0.2, -0.15) is 5.10 Å². The molecule has 1 rings (SSSR count). The van der Waals surface area contributed by atoms with Crippen molar-refractivity contribution in [3.05, 3.63) is 18.0 Å². The van der Waals surface area contributed by atoms with Crippen molar-refractivity contribution >= 4 is 15.6 Å². The van der Waals surface area contributed by atoms with Gasteiger partial charge in [-0.25, -0.2) is 8.42 Å². The SMILES string of the molecule is Cn1ccc(C(=O)CCS(C)(=O)=O)n1. The van der Waals surface area contributed by atoms with E-state index in [1.807, 2.05) is 0 Å². The van der Waals surface area contributed by atoms with Gasteiger partial charge in [-0.05, 0) is 6.07 Å². The molecule has 0 radical (unpaired) electrons. The Morgan fingerprint density at radius 3 is 2.64 bits per heavy atom. The normalized spacial score (nSPS) is 11.6. The maximum absolute atomic E-state index is 11.4. The lowest BCUT2D eigenvalue weighted by Gasteiger charge is -1.95. The highest BCUT2D eigenvalue weighted by molar-refractivity contribution is 7.90. The van der Waals surface area contributed by atoms with Crippen LogP contribution in [0, 0.1) is 0 Å². The second-order valence-corrected chi connectivity index (χ2v) is 5.44. The predicted molar refractivity (Wildman–Crippen MR) is 51.9 cm³/mol. The summed E-state index contributed by atoms with van der Waals surface area (Å²) in [4.78, 5) is 11.4. The third-order valence-corrected chi connectivity index (χ3v) is 2.64. The molecule has 0 aliphatic carbocycles. The summed E-state index contributed by atoms with van der Waals surface area (Å²) in [6.45, 7) is 0. The molecule has 0 N–H and O–H groups in total. The summed E-state index contributed by atoms with van der Waals surface area (Å²) in [5.74, 6) is -0.362. The van der Waals surface area contributed by atoms with Crippen LogP contribution in [-0.4, -0.2) is 36.0 Å². The number of ketones is 1. The van der Waals surface area contributed by atoms with Gasteiger partial charge in [0.15, 0.2) is 5.78 Å². The number of nitrogens with zero attached hydrogens (tertiary/aromatic N) is 2. The fourth-order valence-corrected chi connectivity index (χ4v) is 1.53. The lowest BCUT2D eigenvalue weighted by Crippen LogP contribution is -2.10. The number of hydrogen-bond donors (Lipinski definition) is 0. The van der Waals surface area contributed by atoms with Crippen molar-refractivity contribution in [1.29, 1.82) is 0 Å². The predicted octanol–water partition coefficient (Wildman–Crippen LogP) is 0.0375. The Balaban J connectivity index is 2.60. The molecular formula is C8H12N2O3S. The second-order valence-electron chi connectivity index (χ2n) is 3.18. The summed E-state index contributed by atoms with van der Waals surface area (Å²) < 4.78 is 23.1. The van der Waals surface area contributed by atoms with Crippen LogP contribution in [0.4, 0.5) is 0 Å². The zero-order valence-corrected chi connectivity index (χ0v) is 8.91. The average Bonchev–Trinajstić information content (AvgIpc) is 2.46. The molecule has 1 aromatic heterocycles. The highest BCUT2D eigenvalue weighted by Crippen LogP contribution is 2.01. The summed E-state index contributed by atoms with van der Waals surface area (Å²) >= 11 is 0. The van der Waals surface area contributed by atoms with E-state index in [0.29, 0.717) is 5.69 Å². The van der Waals surface area contributed by atoms with Crippen molar-refractivity contribution in [1.82, 2.24) is 9.78 Å². The van der Waals surface area contributed by atoms with Crippen LogP contribution in [0.2, 0.25) is 0 Å². The Kier molecular flexibility index (Phi) is 3.05. The van der Waals surface area contributed by atoms with Crippen LogP contribution in [0.1, 0.15) is 16.9 Å². The average molecular weight is 216 g/mol. The van der Waals surface area contributed by atoms with Crippen LogP contribution in [0.15, 0.2) is 12.3 Å². The van der Waals surface area contributed by atoms with E-state index < -0.39 is 9.84 Å². The first kappa shape index (κ1) is 10.9. The quantitative estimate of drug-likeness (QED) is 0.666. The third kappa shape index (κ3) is 3.29. The zero-order valence-electron chi connectivity index (χ0n) is 8.10. The Hall–Kier alpha value is -1.17. The Morgan fingerprint density at radius 2 is 2.21 bits per heavy atom. The van der Waals surface area contributed by atoms with Crippen LogP contribution in [-0.2, 0) is 16.9 Å². The van der Waals surface area contributed by atoms with Gasteiger partial charge in [-0.3, -0.25) is 9.48 Å². The highest BCUT2D eigenvalue weighted by atomic mass is 32.2. The van der Waals surface area contributed by atoms with E-state index in [1.165, 1.54) is 4.68 Å². The first-order chi connectivity index (χ1) is 6.38. The van der Waals surface area contributed by atoms with Gasteiger partial charge in [0.05, 0.1) is 5.75 Å². The fourth-order valence-electron chi connectivity index (χ4n) is 0.970. The van der Waals surface area contributed by atoms with E-state index in [-0.39, 0.29) is 18.0 Å². The molecule has 78 valence electrons. The molecule has 6 heteroatoms. The number of carbonyl (C=O) groups is 1. The van der Waals surface area contributed by atoms with Gasteiger partial charge in [0, 0.05) is 25.9 Å². The molecule has 0 bridgehead atoms. The van der Waals surface area contributed by atoms with E-state index in [0.717, 1.165) is 6.26 Å². The lowest BCUT2D eigenvalue weighted by atomic mass is 10.2. The van der Waals surface area contributed by atoms with Crippen LogP contribution in [0.3, 0.4) is 0 Å². The van der Waals surface area contributed by atoms with Gasteiger partial charge in [0.25, 0.3) is 0 Å². The van der Waals surface area contributed by atoms with Crippen molar-refractivity contribution in [2.24, 2.45) is 7.05 Å². The van der Waals surface area contributed by atoms with E-state index in [9.17, 15) is 13.2 Å². The summed E-state index contributed by atoms with van der Waals surface area (Å²) in [6, 6.07) is 1.57. The summed E-state index contributed by atoms with van der Waals surface area (Å²) in [7, 11) is -1.37. The Morgan fingerprint density at radius 1 is 1.57 bits per heavy atom. The topological polar surface area (TPSA) is 69.0 Å². The van der Waals surface area contributed by atoms with Crippen molar-refractivity contribution in [2.75, 3.05) is 12.0 Å². The molecule has 0 aliphatic rings. The number of aromatic nitrogens is 2. The van der Waals surface area contributed by atoms with Gasteiger partial charge < -0.3 is 0 Å².